The van der Waals surface area contributed by atoms with Crippen LogP contribution in [0, 0.1) is 11.2 Å². The van der Waals surface area contributed by atoms with Crippen LogP contribution in [0.1, 0.15) is 19.4 Å². The molecule has 0 heterocycles. The van der Waals surface area contributed by atoms with Crippen molar-refractivity contribution in [3.05, 3.63) is 34.6 Å². The molecule has 1 aromatic rings. The van der Waals surface area contributed by atoms with Gasteiger partial charge >= 0.3 is 0 Å². The van der Waals surface area contributed by atoms with Crippen molar-refractivity contribution in [3.63, 3.8) is 0 Å². The largest absolute Gasteiger partial charge is 0.330 e. The summed E-state index contributed by atoms with van der Waals surface area (Å²) in [6.07, 6.45) is 0. The Hall–Kier alpha value is -0.640. The molecule has 0 aliphatic rings. The Morgan fingerprint density at radius 3 is 2.59 bits per heavy atom. The Labute approximate surface area is 108 Å². The van der Waals surface area contributed by atoms with Crippen LogP contribution in [0.4, 0.5) is 4.39 Å². The van der Waals surface area contributed by atoms with Crippen molar-refractivity contribution < 1.29 is 4.39 Å². The highest BCUT2D eigenvalue weighted by Gasteiger charge is 2.18. The lowest BCUT2D eigenvalue weighted by Gasteiger charge is -2.29. The molecule has 0 spiro atoms. The van der Waals surface area contributed by atoms with E-state index in [0.29, 0.717) is 13.1 Å². The van der Waals surface area contributed by atoms with E-state index in [9.17, 15) is 4.39 Å². The van der Waals surface area contributed by atoms with E-state index in [0.717, 1.165) is 12.1 Å². The summed E-state index contributed by atoms with van der Waals surface area (Å²) in [6.45, 7) is 6.43. The summed E-state index contributed by atoms with van der Waals surface area (Å²) in [6, 6.07) is 4.92. The van der Waals surface area contributed by atoms with Gasteiger partial charge in [0.2, 0.25) is 0 Å². The fraction of sp³-hybridized carbons (Fsp3) is 0.538. The molecule has 0 radical (unpaired) electrons. The van der Waals surface area contributed by atoms with Crippen LogP contribution >= 0.6 is 11.6 Å². The second kappa shape index (κ2) is 5.80. The minimum absolute atomic E-state index is 0.0692. The number of hydrogen-bond acceptors (Lipinski definition) is 2. The monoisotopic (exact) mass is 258 g/mol. The van der Waals surface area contributed by atoms with Gasteiger partial charge in [-0.1, -0.05) is 31.5 Å². The van der Waals surface area contributed by atoms with Gasteiger partial charge in [0, 0.05) is 13.1 Å². The minimum Gasteiger partial charge on any atom is -0.330 e. The highest BCUT2D eigenvalue weighted by Crippen LogP contribution is 2.18. The van der Waals surface area contributed by atoms with Gasteiger partial charge in [-0.15, -0.1) is 0 Å². The maximum absolute atomic E-state index is 13.3. The van der Waals surface area contributed by atoms with Crippen LogP contribution in [-0.2, 0) is 6.54 Å². The summed E-state index contributed by atoms with van der Waals surface area (Å²) in [5, 5.41) is 0.165. The quantitative estimate of drug-likeness (QED) is 0.880. The van der Waals surface area contributed by atoms with Crippen molar-refractivity contribution in [3.8, 4) is 0 Å². The van der Waals surface area contributed by atoms with Gasteiger partial charge in [0.15, 0.2) is 0 Å². The van der Waals surface area contributed by atoms with Crippen LogP contribution in [0.25, 0.3) is 0 Å². The third kappa shape index (κ3) is 4.62. The first-order valence-corrected chi connectivity index (χ1v) is 6.04. The third-order valence-electron chi connectivity index (χ3n) is 2.69. The van der Waals surface area contributed by atoms with Gasteiger partial charge in [-0.3, -0.25) is 0 Å². The molecule has 0 bridgehead atoms. The van der Waals surface area contributed by atoms with E-state index in [1.807, 2.05) is 13.1 Å². The topological polar surface area (TPSA) is 29.3 Å². The van der Waals surface area contributed by atoms with E-state index in [2.05, 4.69) is 18.7 Å². The number of halogens is 2. The van der Waals surface area contributed by atoms with Gasteiger partial charge in [-0.05, 0) is 36.7 Å². The minimum atomic E-state index is -0.365. The zero-order valence-electron chi connectivity index (χ0n) is 10.6. The molecule has 4 heteroatoms. The molecule has 0 amide bonds. The van der Waals surface area contributed by atoms with Crippen molar-refractivity contribution in [1.29, 1.82) is 0 Å². The van der Waals surface area contributed by atoms with Gasteiger partial charge in [0.05, 0.1) is 5.02 Å². The third-order valence-corrected chi connectivity index (χ3v) is 2.99. The molecular weight excluding hydrogens is 239 g/mol. The molecule has 2 nitrogen and oxygen atoms in total. The molecule has 1 rings (SSSR count). The number of nitrogens with zero attached hydrogens (tertiary/aromatic N) is 1. The van der Waals surface area contributed by atoms with Crippen LogP contribution in [0.15, 0.2) is 18.2 Å². The van der Waals surface area contributed by atoms with Crippen LogP contribution in [-0.4, -0.2) is 25.0 Å². The lowest BCUT2D eigenvalue weighted by molar-refractivity contribution is 0.210. The molecule has 0 unspecified atom stereocenters. The first-order valence-electron chi connectivity index (χ1n) is 5.66. The average Bonchev–Trinajstić information content (AvgIpc) is 2.23. The summed E-state index contributed by atoms with van der Waals surface area (Å²) in [5.41, 5.74) is 6.68. The highest BCUT2D eigenvalue weighted by atomic mass is 35.5. The highest BCUT2D eigenvalue weighted by molar-refractivity contribution is 6.30. The number of rotatable bonds is 5. The van der Waals surface area contributed by atoms with Gasteiger partial charge < -0.3 is 10.6 Å². The number of benzene rings is 1. The second-order valence-corrected chi connectivity index (χ2v) is 5.70. The molecule has 1 aromatic carbocycles. The van der Waals surface area contributed by atoms with Crippen molar-refractivity contribution in [2.24, 2.45) is 11.1 Å². The van der Waals surface area contributed by atoms with Gasteiger partial charge in [0.25, 0.3) is 0 Å². The van der Waals surface area contributed by atoms with Crippen LogP contribution in [0.3, 0.4) is 0 Å². The Morgan fingerprint density at radius 1 is 1.41 bits per heavy atom. The van der Waals surface area contributed by atoms with E-state index in [-0.39, 0.29) is 16.3 Å². The SMILES string of the molecule is CN(Cc1ccc(Cl)c(F)c1)CC(C)(C)CN. The molecule has 17 heavy (non-hydrogen) atoms. The summed E-state index contributed by atoms with van der Waals surface area (Å²) in [7, 11) is 2.00. The smallest absolute Gasteiger partial charge is 0.142 e. The Morgan fingerprint density at radius 2 is 2.06 bits per heavy atom. The molecule has 0 aliphatic carbocycles. The molecule has 0 saturated carbocycles. The Bertz CT molecular complexity index is 380. The molecule has 0 aromatic heterocycles. The number of hydrogen-bond donors (Lipinski definition) is 1. The Kier molecular flexibility index (Phi) is 4.92. The van der Waals surface area contributed by atoms with Crippen molar-refractivity contribution in [1.82, 2.24) is 4.90 Å². The van der Waals surface area contributed by atoms with Crippen molar-refractivity contribution >= 4 is 11.6 Å². The number of nitrogens with two attached hydrogens (primary N) is 1. The van der Waals surface area contributed by atoms with Crippen molar-refractivity contribution in [2.45, 2.75) is 20.4 Å². The van der Waals surface area contributed by atoms with E-state index in [4.69, 9.17) is 17.3 Å². The van der Waals surface area contributed by atoms with Gasteiger partial charge in [0.1, 0.15) is 5.82 Å². The molecule has 0 atom stereocenters. The maximum atomic E-state index is 13.3. The van der Waals surface area contributed by atoms with Crippen LogP contribution < -0.4 is 5.73 Å². The predicted octanol–water partition coefficient (Wildman–Crippen LogP) is 2.90. The van der Waals surface area contributed by atoms with Gasteiger partial charge in [-0.2, -0.15) is 0 Å². The lowest BCUT2D eigenvalue weighted by Crippen LogP contribution is -2.36. The molecule has 0 aliphatic heterocycles. The van der Waals surface area contributed by atoms with Crippen molar-refractivity contribution in [2.75, 3.05) is 20.1 Å². The summed E-state index contributed by atoms with van der Waals surface area (Å²) in [4.78, 5) is 2.13. The zero-order valence-corrected chi connectivity index (χ0v) is 11.4. The summed E-state index contributed by atoms with van der Waals surface area (Å²) < 4.78 is 13.3. The van der Waals surface area contributed by atoms with E-state index >= 15 is 0 Å². The molecule has 2 N–H and O–H groups in total. The van der Waals surface area contributed by atoms with Crippen LogP contribution in [0.2, 0.25) is 5.02 Å². The average molecular weight is 259 g/mol. The fourth-order valence-corrected chi connectivity index (χ4v) is 1.92. The molecular formula is C13H20ClFN2. The summed E-state index contributed by atoms with van der Waals surface area (Å²) in [5.74, 6) is -0.365. The fourth-order valence-electron chi connectivity index (χ4n) is 1.80. The van der Waals surface area contributed by atoms with Gasteiger partial charge in [-0.25, -0.2) is 4.39 Å². The first-order chi connectivity index (χ1) is 7.84. The zero-order chi connectivity index (χ0) is 13.1. The molecule has 0 saturated heterocycles. The van der Waals surface area contributed by atoms with E-state index in [1.165, 1.54) is 6.07 Å². The Balaban J connectivity index is 2.62. The molecule has 96 valence electrons. The standard InChI is InChI=1S/C13H20ClFN2/c1-13(2,8-16)9-17(3)7-10-4-5-11(14)12(15)6-10/h4-6H,7-9,16H2,1-3H3. The van der Waals surface area contributed by atoms with E-state index in [1.54, 1.807) is 6.07 Å². The summed E-state index contributed by atoms with van der Waals surface area (Å²) >= 11 is 5.64. The maximum Gasteiger partial charge on any atom is 0.142 e. The van der Waals surface area contributed by atoms with Crippen LogP contribution in [0.5, 0.6) is 0 Å². The first kappa shape index (κ1) is 14.4. The normalized spacial score (nSPS) is 12.2. The molecule has 0 fully saturated rings. The predicted molar refractivity (Wildman–Crippen MR) is 70.6 cm³/mol. The lowest BCUT2D eigenvalue weighted by atomic mass is 9.93. The van der Waals surface area contributed by atoms with E-state index < -0.39 is 0 Å². The second-order valence-electron chi connectivity index (χ2n) is 5.29.